The normalized spacial score (nSPS) is 19.6. The summed E-state index contributed by atoms with van der Waals surface area (Å²) in [6.07, 6.45) is -0.497. The van der Waals surface area contributed by atoms with Gasteiger partial charge in [0.15, 0.2) is 5.69 Å². The first kappa shape index (κ1) is 20.7. The number of carbonyl (C=O) groups is 1. The predicted molar refractivity (Wildman–Crippen MR) is 94.0 cm³/mol. The maximum absolute atomic E-state index is 13.5. The van der Waals surface area contributed by atoms with Crippen LogP contribution in [-0.4, -0.2) is 46.8 Å². The van der Waals surface area contributed by atoms with Gasteiger partial charge < -0.3 is 10.2 Å². The van der Waals surface area contributed by atoms with E-state index in [4.69, 9.17) is 0 Å². The highest BCUT2D eigenvalue weighted by atomic mass is 19.4. The van der Waals surface area contributed by atoms with Crippen LogP contribution in [0.5, 0.6) is 0 Å². The Kier molecular flexibility index (Phi) is 6.37. The van der Waals surface area contributed by atoms with Gasteiger partial charge >= 0.3 is 6.18 Å². The number of nitrogens with one attached hydrogen (secondary N) is 1. The van der Waals surface area contributed by atoms with Gasteiger partial charge in [-0.2, -0.15) is 18.3 Å². The third kappa shape index (κ3) is 5.22. The third-order valence-electron chi connectivity index (χ3n) is 4.60. The molecule has 1 N–H and O–H groups in total. The fourth-order valence-corrected chi connectivity index (χ4v) is 3.39. The maximum Gasteiger partial charge on any atom is 0.433 e. The van der Waals surface area contributed by atoms with Crippen LogP contribution in [0.2, 0.25) is 0 Å². The highest BCUT2D eigenvalue weighted by molar-refractivity contribution is 5.95. The zero-order valence-corrected chi connectivity index (χ0v) is 16.0. The number of halogens is 3. The monoisotopic (exact) mass is 374 g/mol. The number of likely N-dealkylation sites (tertiary alicyclic amines) is 1. The van der Waals surface area contributed by atoms with Crippen LogP contribution in [-0.2, 0) is 11.7 Å². The van der Waals surface area contributed by atoms with Gasteiger partial charge in [0.25, 0.3) is 5.91 Å². The van der Waals surface area contributed by atoms with Crippen LogP contribution in [0.25, 0.3) is 0 Å². The average Bonchev–Trinajstić information content (AvgIpc) is 2.97. The standard InChI is InChI=1S/C18H29F3N4O/c1-13-7-5-9-24(12-13)10-6-8-22-16(26)14-11-23-25(17(2,3)4)15(14)18(19,20)21/h11,13H,5-10,12H2,1-4H3,(H,22,26)/t13-/m0/s1. The van der Waals surface area contributed by atoms with Gasteiger partial charge in [0.2, 0.25) is 0 Å². The molecule has 0 bridgehead atoms. The number of carbonyl (C=O) groups excluding carboxylic acids is 1. The summed E-state index contributed by atoms with van der Waals surface area (Å²) in [6, 6.07) is 0. The summed E-state index contributed by atoms with van der Waals surface area (Å²) in [4.78, 5) is 14.6. The van der Waals surface area contributed by atoms with E-state index in [-0.39, 0.29) is 0 Å². The molecular formula is C18H29F3N4O. The number of aromatic nitrogens is 2. The van der Waals surface area contributed by atoms with Gasteiger partial charge in [0.05, 0.1) is 17.3 Å². The van der Waals surface area contributed by atoms with E-state index in [2.05, 4.69) is 22.2 Å². The summed E-state index contributed by atoms with van der Waals surface area (Å²) in [6.45, 7) is 10.4. The minimum atomic E-state index is -4.64. The number of nitrogens with zero attached hydrogens (tertiary/aromatic N) is 3. The van der Waals surface area contributed by atoms with E-state index in [0.29, 0.717) is 18.9 Å². The van der Waals surface area contributed by atoms with Gasteiger partial charge in [-0.3, -0.25) is 9.48 Å². The molecule has 0 aromatic carbocycles. The molecule has 0 saturated carbocycles. The third-order valence-corrected chi connectivity index (χ3v) is 4.60. The molecule has 1 atom stereocenters. The predicted octanol–water partition coefficient (Wildman–Crippen LogP) is 3.51. The van der Waals surface area contributed by atoms with Crippen molar-refractivity contribution in [3.8, 4) is 0 Å². The van der Waals surface area contributed by atoms with E-state index >= 15 is 0 Å². The smallest absolute Gasteiger partial charge is 0.352 e. The molecule has 1 fully saturated rings. The van der Waals surface area contributed by atoms with E-state index in [1.165, 1.54) is 12.8 Å². The topological polar surface area (TPSA) is 50.2 Å². The Morgan fingerprint density at radius 2 is 2.04 bits per heavy atom. The molecule has 1 aromatic heterocycles. The molecule has 26 heavy (non-hydrogen) atoms. The minimum Gasteiger partial charge on any atom is -0.352 e. The van der Waals surface area contributed by atoms with Crippen molar-refractivity contribution < 1.29 is 18.0 Å². The van der Waals surface area contributed by atoms with Crippen LogP contribution >= 0.6 is 0 Å². The molecule has 5 nitrogen and oxygen atoms in total. The Morgan fingerprint density at radius 1 is 1.35 bits per heavy atom. The van der Waals surface area contributed by atoms with Crippen LogP contribution in [0.15, 0.2) is 6.20 Å². The lowest BCUT2D eigenvalue weighted by Crippen LogP contribution is -2.37. The number of hydrogen-bond donors (Lipinski definition) is 1. The zero-order valence-electron chi connectivity index (χ0n) is 16.0. The van der Waals surface area contributed by atoms with Gasteiger partial charge in [0.1, 0.15) is 0 Å². The molecule has 1 aliphatic rings. The van der Waals surface area contributed by atoms with Crippen molar-refractivity contribution in [3.05, 3.63) is 17.5 Å². The van der Waals surface area contributed by atoms with Crippen molar-refractivity contribution >= 4 is 5.91 Å². The Labute approximate surface area is 152 Å². The van der Waals surface area contributed by atoms with E-state index < -0.39 is 28.9 Å². The summed E-state index contributed by atoms with van der Waals surface area (Å²) in [5.74, 6) is -0.0456. The van der Waals surface area contributed by atoms with E-state index in [1.54, 1.807) is 20.8 Å². The Balaban J connectivity index is 1.96. The van der Waals surface area contributed by atoms with Crippen molar-refractivity contribution in [2.75, 3.05) is 26.2 Å². The summed E-state index contributed by atoms with van der Waals surface area (Å²) in [5.41, 5.74) is -2.28. The first-order valence-electron chi connectivity index (χ1n) is 9.16. The lowest BCUT2D eigenvalue weighted by Gasteiger charge is -2.30. The molecular weight excluding hydrogens is 345 g/mol. The van der Waals surface area contributed by atoms with Crippen LogP contribution in [0.4, 0.5) is 13.2 Å². The first-order valence-corrected chi connectivity index (χ1v) is 9.16. The van der Waals surface area contributed by atoms with Crippen LogP contribution in [0, 0.1) is 5.92 Å². The molecule has 1 aromatic rings. The van der Waals surface area contributed by atoms with Gasteiger partial charge in [-0.15, -0.1) is 0 Å². The lowest BCUT2D eigenvalue weighted by molar-refractivity contribution is -0.146. The fourth-order valence-electron chi connectivity index (χ4n) is 3.39. The SMILES string of the molecule is C[C@H]1CCCN(CCCNC(=O)c2cnn(C(C)(C)C)c2C(F)(F)F)C1. The maximum atomic E-state index is 13.5. The fraction of sp³-hybridized carbons (Fsp3) is 0.778. The van der Waals surface area contributed by atoms with Crippen LogP contribution < -0.4 is 5.32 Å². The van der Waals surface area contributed by atoms with Crippen molar-refractivity contribution in [3.63, 3.8) is 0 Å². The van der Waals surface area contributed by atoms with Crippen molar-refractivity contribution in [2.45, 2.75) is 58.7 Å². The molecule has 2 rings (SSSR count). The quantitative estimate of drug-likeness (QED) is 0.803. The number of alkyl halides is 3. The van der Waals surface area contributed by atoms with Crippen LogP contribution in [0.1, 0.15) is 63.0 Å². The number of amides is 1. The van der Waals surface area contributed by atoms with E-state index in [9.17, 15) is 18.0 Å². The van der Waals surface area contributed by atoms with Gasteiger partial charge in [0, 0.05) is 13.1 Å². The van der Waals surface area contributed by atoms with Crippen molar-refractivity contribution in [1.82, 2.24) is 20.0 Å². The molecule has 8 heteroatoms. The largest absolute Gasteiger partial charge is 0.433 e. The van der Waals surface area contributed by atoms with Gasteiger partial charge in [-0.05, 0) is 59.0 Å². The second-order valence-corrected chi connectivity index (χ2v) is 8.14. The zero-order chi connectivity index (χ0) is 19.5. The van der Waals surface area contributed by atoms with Crippen molar-refractivity contribution in [2.24, 2.45) is 5.92 Å². The van der Waals surface area contributed by atoms with E-state index in [0.717, 1.165) is 30.5 Å². The summed E-state index contributed by atoms with van der Waals surface area (Å²) in [5, 5.41) is 6.42. The molecule has 0 spiro atoms. The number of hydrogen-bond acceptors (Lipinski definition) is 3. The molecule has 1 amide bonds. The Bertz CT molecular complexity index is 619. The molecule has 1 saturated heterocycles. The van der Waals surface area contributed by atoms with Crippen molar-refractivity contribution in [1.29, 1.82) is 0 Å². The van der Waals surface area contributed by atoms with Gasteiger partial charge in [-0.1, -0.05) is 6.92 Å². The highest BCUT2D eigenvalue weighted by Gasteiger charge is 2.42. The molecule has 1 aliphatic heterocycles. The lowest BCUT2D eigenvalue weighted by atomic mass is 10.0. The second kappa shape index (κ2) is 7.98. The number of piperidine rings is 1. The van der Waals surface area contributed by atoms with E-state index in [1.807, 2.05) is 0 Å². The molecule has 0 unspecified atom stereocenters. The first-order chi connectivity index (χ1) is 12.0. The molecule has 148 valence electrons. The summed E-state index contributed by atoms with van der Waals surface area (Å²) < 4.78 is 41.2. The summed E-state index contributed by atoms with van der Waals surface area (Å²) >= 11 is 0. The minimum absolute atomic E-state index is 0.349. The second-order valence-electron chi connectivity index (χ2n) is 8.14. The molecule has 0 aliphatic carbocycles. The molecule has 2 heterocycles. The number of rotatable bonds is 5. The van der Waals surface area contributed by atoms with Gasteiger partial charge in [-0.25, -0.2) is 0 Å². The highest BCUT2D eigenvalue weighted by Crippen LogP contribution is 2.34. The Hall–Kier alpha value is -1.57. The summed E-state index contributed by atoms with van der Waals surface area (Å²) in [7, 11) is 0. The average molecular weight is 374 g/mol. The van der Waals surface area contributed by atoms with Crippen LogP contribution in [0.3, 0.4) is 0 Å². The Morgan fingerprint density at radius 3 is 2.62 bits per heavy atom. The molecule has 0 radical (unpaired) electrons.